The molecule has 2 unspecified atom stereocenters. The van der Waals surface area contributed by atoms with Crippen molar-refractivity contribution in [3.8, 4) is 0 Å². The highest BCUT2D eigenvalue weighted by molar-refractivity contribution is 5.98. The van der Waals surface area contributed by atoms with Gasteiger partial charge in [0.15, 0.2) is 0 Å². The Hall–Kier alpha value is -1.85. The van der Waals surface area contributed by atoms with Gasteiger partial charge < -0.3 is 15.2 Å². The number of H-pyrrole nitrogens is 1. The van der Waals surface area contributed by atoms with Gasteiger partial charge in [-0.1, -0.05) is 0 Å². The molecule has 2 saturated heterocycles. The average Bonchev–Trinajstić information content (AvgIpc) is 2.65. The van der Waals surface area contributed by atoms with Crippen LogP contribution in [0.1, 0.15) is 12.1 Å². The Kier molecular flexibility index (Phi) is 1.95. The first-order valence-corrected chi connectivity index (χ1v) is 5.34. The molecule has 0 spiro atoms. The third-order valence-electron chi connectivity index (χ3n) is 3.20. The monoisotopic (exact) mass is 220 g/mol. The van der Waals surface area contributed by atoms with Gasteiger partial charge in [0.25, 0.3) is 0 Å². The molecule has 0 bridgehead atoms. The Morgan fingerprint density at radius 2 is 2.38 bits per heavy atom. The molecule has 2 fully saturated rings. The Morgan fingerprint density at radius 1 is 1.50 bits per heavy atom. The lowest BCUT2D eigenvalue weighted by Crippen LogP contribution is -2.69. The normalized spacial score (nSPS) is 28.4. The van der Waals surface area contributed by atoms with E-state index < -0.39 is 6.04 Å². The first kappa shape index (κ1) is 9.38. The predicted molar refractivity (Wildman–Crippen MR) is 54.3 cm³/mol. The van der Waals surface area contributed by atoms with Crippen molar-refractivity contribution in [2.75, 3.05) is 6.54 Å². The van der Waals surface area contributed by atoms with Crippen LogP contribution in [0.3, 0.4) is 0 Å². The molecule has 0 radical (unpaired) electrons. The molecule has 2 aliphatic rings. The topological polar surface area (TPSA) is 78.1 Å². The number of hydrogen-bond donors (Lipinski definition) is 2. The number of rotatable bonds is 2. The van der Waals surface area contributed by atoms with Gasteiger partial charge in [-0.25, -0.2) is 4.98 Å². The maximum atomic E-state index is 11.9. The molecule has 2 aliphatic heterocycles. The molecule has 1 aromatic heterocycles. The standard InChI is InChI=1S/C10H12N4O2/c15-9-8-1-2-14(8)10(16)7(13-9)3-6-4-11-5-12-6/h4-5,7-8H,1-3H2,(H,11,12)(H,13,15). The minimum absolute atomic E-state index is 0.0189. The minimum Gasteiger partial charge on any atom is -0.348 e. The summed E-state index contributed by atoms with van der Waals surface area (Å²) in [5.41, 5.74) is 0.859. The van der Waals surface area contributed by atoms with E-state index in [2.05, 4.69) is 15.3 Å². The number of carbonyl (C=O) groups excluding carboxylic acids is 2. The van der Waals surface area contributed by atoms with Crippen molar-refractivity contribution in [1.82, 2.24) is 20.2 Å². The van der Waals surface area contributed by atoms with Gasteiger partial charge in [-0.05, 0) is 6.42 Å². The smallest absolute Gasteiger partial charge is 0.246 e. The number of imidazole rings is 1. The van der Waals surface area contributed by atoms with Gasteiger partial charge in [-0.3, -0.25) is 9.59 Å². The van der Waals surface area contributed by atoms with Gasteiger partial charge in [-0.15, -0.1) is 0 Å². The number of amides is 2. The van der Waals surface area contributed by atoms with Crippen LogP contribution >= 0.6 is 0 Å². The van der Waals surface area contributed by atoms with E-state index in [-0.39, 0.29) is 17.9 Å². The summed E-state index contributed by atoms with van der Waals surface area (Å²) in [6.07, 6.45) is 4.50. The number of carbonyl (C=O) groups is 2. The van der Waals surface area contributed by atoms with Gasteiger partial charge in [0.1, 0.15) is 12.1 Å². The molecule has 16 heavy (non-hydrogen) atoms. The van der Waals surface area contributed by atoms with E-state index in [1.54, 1.807) is 17.4 Å². The summed E-state index contributed by atoms with van der Waals surface area (Å²) in [6, 6.07) is -0.657. The quantitative estimate of drug-likeness (QED) is 0.674. The largest absolute Gasteiger partial charge is 0.348 e. The summed E-state index contributed by atoms with van der Waals surface area (Å²) in [6.45, 7) is 0.705. The molecule has 2 amide bonds. The van der Waals surface area contributed by atoms with Gasteiger partial charge >= 0.3 is 0 Å². The highest BCUT2D eigenvalue weighted by Gasteiger charge is 2.45. The Morgan fingerprint density at radius 3 is 3.00 bits per heavy atom. The van der Waals surface area contributed by atoms with Crippen LogP contribution in [0.5, 0.6) is 0 Å². The summed E-state index contributed by atoms with van der Waals surface area (Å²) >= 11 is 0. The SMILES string of the molecule is O=C1NC(Cc2cnc[nH]2)C(=O)N2CCC12. The van der Waals surface area contributed by atoms with Crippen molar-refractivity contribution in [2.45, 2.75) is 24.9 Å². The molecule has 2 atom stereocenters. The summed E-state index contributed by atoms with van der Waals surface area (Å²) in [7, 11) is 0. The van der Waals surface area contributed by atoms with Crippen molar-refractivity contribution < 1.29 is 9.59 Å². The van der Waals surface area contributed by atoms with E-state index >= 15 is 0 Å². The molecule has 84 valence electrons. The fraction of sp³-hybridized carbons (Fsp3) is 0.500. The van der Waals surface area contributed by atoms with Crippen LogP contribution in [0.25, 0.3) is 0 Å². The third-order valence-corrected chi connectivity index (χ3v) is 3.20. The number of aromatic nitrogens is 2. The number of nitrogens with zero attached hydrogens (tertiary/aromatic N) is 2. The maximum absolute atomic E-state index is 11.9. The molecule has 6 nitrogen and oxygen atoms in total. The van der Waals surface area contributed by atoms with Crippen LogP contribution < -0.4 is 5.32 Å². The van der Waals surface area contributed by atoms with Gasteiger partial charge in [0, 0.05) is 24.9 Å². The highest BCUT2D eigenvalue weighted by atomic mass is 16.2. The second kappa shape index (κ2) is 3.33. The summed E-state index contributed by atoms with van der Waals surface area (Å²) in [4.78, 5) is 32.0. The van der Waals surface area contributed by atoms with Crippen LogP contribution in [0, 0.1) is 0 Å². The Bertz CT molecular complexity index is 428. The minimum atomic E-state index is -0.440. The summed E-state index contributed by atoms with van der Waals surface area (Å²) in [5, 5.41) is 2.76. The molecule has 3 rings (SSSR count). The summed E-state index contributed by atoms with van der Waals surface area (Å²) in [5.74, 6) is -0.0131. The van der Waals surface area contributed by atoms with E-state index in [9.17, 15) is 9.59 Å². The van der Waals surface area contributed by atoms with Gasteiger partial charge in [0.2, 0.25) is 11.8 Å². The fourth-order valence-electron chi connectivity index (χ4n) is 2.21. The van der Waals surface area contributed by atoms with Crippen molar-refractivity contribution in [3.63, 3.8) is 0 Å². The van der Waals surface area contributed by atoms with Crippen LogP contribution in [0.4, 0.5) is 0 Å². The lowest BCUT2D eigenvalue weighted by atomic mass is 9.95. The van der Waals surface area contributed by atoms with Gasteiger partial charge in [-0.2, -0.15) is 0 Å². The second-order valence-corrected chi connectivity index (χ2v) is 4.18. The molecule has 0 aliphatic carbocycles. The molecule has 0 saturated carbocycles. The van der Waals surface area contributed by atoms with Crippen molar-refractivity contribution in [1.29, 1.82) is 0 Å². The number of aromatic amines is 1. The molecular formula is C10H12N4O2. The molecular weight excluding hydrogens is 208 g/mol. The van der Waals surface area contributed by atoms with E-state index in [0.29, 0.717) is 13.0 Å². The number of piperazine rings is 1. The van der Waals surface area contributed by atoms with E-state index in [1.807, 2.05) is 0 Å². The Labute approximate surface area is 92.0 Å². The molecule has 0 aromatic carbocycles. The number of fused-ring (bicyclic) bond motifs is 1. The average molecular weight is 220 g/mol. The van der Waals surface area contributed by atoms with Crippen LogP contribution in [0.15, 0.2) is 12.5 Å². The zero-order valence-corrected chi connectivity index (χ0v) is 8.64. The summed E-state index contributed by atoms with van der Waals surface area (Å²) < 4.78 is 0. The zero-order chi connectivity index (χ0) is 11.1. The lowest BCUT2D eigenvalue weighted by Gasteiger charge is -2.45. The van der Waals surface area contributed by atoms with E-state index in [1.165, 1.54) is 0 Å². The van der Waals surface area contributed by atoms with E-state index in [0.717, 1.165) is 12.1 Å². The van der Waals surface area contributed by atoms with Crippen molar-refractivity contribution in [2.24, 2.45) is 0 Å². The first-order chi connectivity index (χ1) is 7.75. The maximum Gasteiger partial charge on any atom is 0.246 e. The van der Waals surface area contributed by atoms with Crippen LogP contribution in [-0.4, -0.2) is 45.3 Å². The van der Waals surface area contributed by atoms with Crippen molar-refractivity contribution in [3.05, 3.63) is 18.2 Å². The van der Waals surface area contributed by atoms with Gasteiger partial charge in [0.05, 0.1) is 6.33 Å². The highest BCUT2D eigenvalue weighted by Crippen LogP contribution is 2.23. The van der Waals surface area contributed by atoms with E-state index in [4.69, 9.17) is 0 Å². The third kappa shape index (κ3) is 1.30. The Balaban J connectivity index is 1.75. The first-order valence-electron chi connectivity index (χ1n) is 5.34. The van der Waals surface area contributed by atoms with Crippen LogP contribution in [-0.2, 0) is 16.0 Å². The second-order valence-electron chi connectivity index (χ2n) is 4.18. The van der Waals surface area contributed by atoms with Crippen molar-refractivity contribution >= 4 is 11.8 Å². The molecule has 1 aromatic rings. The lowest BCUT2D eigenvalue weighted by molar-refractivity contribution is -0.156. The number of nitrogens with one attached hydrogen (secondary N) is 2. The fourth-order valence-corrected chi connectivity index (χ4v) is 2.21. The number of hydrogen-bond acceptors (Lipinski definition) is 3. The molecule has 3 heterocycles. The molecule has 6 heteroatoms. The zero-order valence-electron chi connectivity index (χ0n) is 8.64. The van der Waals surface area contributed by atoms with Crippen LogP contribution in [0.2, 0.25) is 0 Å². The molecule has 2 N–H and O–H groups in total. The predicted octanol–water partition coefficient (Wildman–Crippen LogP) is -0.948.